The van der Waals surface area contributed by atoms with Crippen molar-refractivity contribution in [1.29, 1.82) is 0 Å². The van der Waals surface area contributed by atoms with Crippen molar-refractivity contribution in [2.75, 3.05) is 10.6 Å². The normalized spacial score (nSPS) is 23.4. The van der Waals surface area contributed by atoms with E-state index >= 15 is 0 Å². The molecule has 0 atom stereocenters. The van der Waals surface area contributed by atoms with Gasteiger partial charge in [-0.25, -0.2) is 4.98 Å². The maximum Gasteiger partial charge on any atom is 0.229 e. The van der Waals surface area contributed by atoms with Crippen LogP contribution in [0, 0.1) is 6.92 Å². The van der Waals surface area contributed by atoms with Crippen LogP contribution in [0.2, 0.25) is 0 Å². The molecule has 2 aliphatic rings. The largest absolute Gasteiger partial charge is 0.393 e. The maximum atomic E-state index is 9.81. The summed E-state index contributed by atoms with van der Waals surface area (Å²) in [7, 11) is 0. The van der Waals surface area contributed by atoms with Crippen LogP contribution in [0.15, 0.2) is 24.5 Å². The molecule has 150 valence electrons. The molecule has 0 amide bonds. The summed E-state index contributed by atoms with van der Waals surface area (Å²) in [6, 6.07) is 4.30. The summed E-state index contributed by atoms with van der Waals surface area (Å²) < 4.78 is 0. The molecule has 0 saturated heterocycles. The van der Waals surface area contributed by atoms with E-state index in [0.29, 0.717) is 17.9 Å². The van der Waals surface area contributed by atoms with Crippen LogP contribution in [-0.2, 0) is 0 Å². The van der Waals surface area contributed by atoms with E-state index < -0.39 is 0 Å². The SMILES string of the molecule is Cc1cc(Nc2ncc(C3CCCCC3)c(NC3CCC(O)CC3)n2)ccn1. The first-order valence-electron chi connectivity index (χ1n) is 10.7. The standard InChI is InChI=1S/C22H31N5O/c1-15-13-18(11-12-23-15)26-22-24-14-20(16-5-3-2-4-6-16)21(27-22)25-17-7-9-19(28)10-8-17/h11-14,16-17,19,28H,2-10H2,1H3,(H2,23,24,25,26,27). The second-order valence-electron chi connectivity index (χ2n) is 8.29. The van der Waals surface area contributed by atoms with Crippen molar-refractivity contribution in [2.24, 2.45) is 0 Å². The summed E-state index contributed by atoms with van der Waals surface area (Å²) in [5.41, 5.74) is 3.16. The van der Waals surface area contributed by atoms with E-state index in [9.17, 15) is 5.11 Å². The summed E-state index contributed by atoms with van der Waals surface area (Å²) >= 11 is 0. The average molecular weight is 382 g/mol. The van der Waals surface area contributed by atoms with Crippen LogP contribution in [0.3, 0.4) is 0 Å². The maximum absolute atomic E-state index is 9.81. The van der Waals surface area contributed by atoms with Crippen LogP contribution >= 0.6 is 0 Å². The molecule has 0 aliphatic heterocycles. The number of hydrogen-bond donors (Lipinski definition) is 3. The third-order valence-corrected chi connectivity index (χ3v) is 6.05. The minimum atomic E-state index is -0.145. The highest BCUT2D eigenvalue weighted by atomic mass is 16.3. The molecule has 0 radical (unpaired) electrons. The molecule has 3 N–H and O–H groups in total. The second kappa shape index (κ2) is 8.86. The topological polar surface area (TPSA) is 83.0 Å². The molecule has 0 spiro atoms. The zero-order chi connectivity index (χ0) is 19.3. The molecule has 6 nitrogen and oxygen atoms in total. The summed E-state index contributed by atoms with van der Waals surface area (Å²) in [6.07, 6.45) is 13.7. The number of rotatable bonds is 5. The van der Waals surface area contributed by atoms with Crippen molar-refractivity contribution < 1.29 is 5.11 Å². The Morgan fingerprint density at radius 2 is 1.79 bits per heavy atom. The third-order valence-electron chi connectivity index (χ3n) is 6.05. The minimum Gasteiger partial charge on any atom is -0.393 e. The van der Waals surface area contributed by atoms with Gasteiger partial charge in [-0.05, 0) is 63.5 Å². The lowest BCUT2D eigenvalue weighted by atomic mass is 9.84. The fraction of sp³-hybridized carbons (Fsp3) is 0.591. The first kappa shape index (κ1) is 19.1. The van der Waals surface area contributed by atoms with Crippen LogP contribution < -0.4 is 10.6 Å². The van der Waals surface area contributed by atoms with Crippen LogP contribution in [-0.4, -0.2) is 32.2 Å². The predicted molar refractivity (Wildman–Crippen MR) is 112 cm³/mol. The average Bonchev–Trinajstić information content (AvgIpc) is 2.71. The highest BCUT2D eigenvalue weighted by molar-refractivity contribution is 5.57. The van der Waals surface area contributed by atoms with E-state index in [-0.39, 0.29) is 6.10 Å². The Morgan fingerprint density at radius 3 is 2.54 bits per heavy atom. The number of hydrogen-bond acceptors (Lipinski definition) is 6. The van der Waals surface area contributed by atoms with Crippen LogP contribution in [0.1, 0.15) is 75.0 Å². The number of aryl methyl sites for hydroxylation is 1. The van der Waals surface area contributed by atoms with Gasteiger partial charge < -0.3 is 15.7 Å². The molecule has 2 fully saturated rings. The van der Waals surface area contributed by atoms with E-state index in [2.05, 4.69) is 20.6 Å². The number of anilines is 3. The molecule has 6 heteroatoms. The smallest absolute Gasteiger partial charge is 0.229 e. The van der Waals surface area contributed by atoms with Gasteiger partial charge in [-0.15, -0.1) is 0 Å². The van der Waals surface area contributed by atoms with E-state index in [1.165, 1.54) is 37.7 Å². The Kier molecular flexibility index (Phi) is 6.05. The van der Waals surface area contributed by atoms with Crippen molar-refractivity contribution in [2.45, 2.75) is 82.8 Å². The highest BCUT2D eigenvalue weighted by Gasteiger charge is 2.24. The Hall–Kier alpha value is -2.21. The predicted octanol–water partition coefficient (Wildman–Crippen LogP) is 4.69. The van der Waals surface area contributed by atoms with Gasteiger partial charge in [-0.3, -0.25) is 4.98 Å². The Bertz CT molecular complexity index is 782. The minimum absolute atomic E-state index is 0.145. The Balaban J connectivity index is 1.56. The third kappa shape index (κ3) is 4.79. The number of nitrogens with zero attached hydrogens (tertiary/aromatic N) is 3. The van der Waals surface area contributed by atoms with Crippen molar-refractivity contribution in [1.82, 2.24) is 15.0 Å². The summed E-state index contributed by atoms with van der Waals surface area (Å²) in [5.74, 6) is 2.13. The van der Waals surface area contributed by atoms with Gasteiger partial charge in [0.25, 0.3) is 0 Å². The summed E-state index contributed by atoms with van der Waals surface area (Å²) in [4.78, 5) is 13.7. The second-order valence-corrected chi connectivity index (χ2v) is 8.29. The van der Waals surface area contributed by atoms with Gasteiger partial charge in [0.1, 0.15) is 5.82 Å². The van der Waals surface area contributed by atoms with E-state index in [4.69, 9.17) is 4.98 Å². The van der Waals surface area contributed by atoms with Crippen molar-refractivity contribution in [3.8, 4) is 0 Å². The molecular weight excluding hydrogens is 350 g/mol. The fourth-order valence-corrected chi connectivity index (χ4v) is 4.45. The van der Waals surface area contributed by atoms with Gasteiger partial charge in [0.2, 0.25) is 5.95 Å². The molecular formula is C22H31N5O. The van der Waals surface area contributed by atoms with Crippen LogP contribution in [0.25, 0.3) is 0 Å². The number of aliphatic hydroxyl groups is 1. The summed E-state index contributed by atoms with van der Waals surface area (Å²) in [5, 5.41) is 16.8. The molecule has 0 aromatic carbocycles. The lowest BCUT2D eigenvalue weighted by Gasteiger charge is -2.29. The molecule has 2 aliphatic carbocycles. The van der Waals surface area contributed by atoms with Crippen molar-refractivity contribution in [3.05, 3.63) is 35.8 Å². The monoisotopic (exact) mass is 381 g/mol. The van der Waals surface area contributed by atoms with Gasteiger partial charge in [0, 0.05) is 35.4 Å². The van der Waals surface area contributed by atoms with E-state index in [1.54, 1.807) is 6.20 Å². The van der Waals surface area contributed by atoms with Crippen LogP contribution in [0.4, 0.5) is 17.5 Å². The lowest BCUT2D eigenvalue weighted by Crippen LogP contribution is -2.29. The molecule has 2 aromatic heterocycles. The Labute approximate surface area is 167 Å². The van der Waals surface area contributed by atoms with Crippen LogP contribution in [0.5, 0.6) is 0 Å². The molecule has 0 bridgehead atoms. The number of aromatic nitrogens is 3. The van der Waals surface area contributed by atoms with Gasteiger partial charge in [0.15, 0.2) is 0 Å². The quantitative estimate of drug-likeness (QED) is 0.697. The first-order valence-corrected chi connectivity index (χ1v) is 10.7. The molecule has 2 saturated carbocycles. The van der Waals surface area contributed by atoms with Gasteiger partial charge in [-0.1, -0.05) is 19.3 Å². The summed E-state index contributed by atoms with van der Waals surface area (Å²) in [6.45, 7) is 1.97. The fourth-order valence-electron chi connectivity index (χ4n) is 4.45. The first-order chi connectivity index (χ1) is 13.7. The molecule has 0 unspecified atom stereocenters. The molecule has 2 aromatic rings. The number of pyridine rings is 1. The van der Waals surface area contributed by atoms with Crippen molar-refractivity contribution in [3.63, 3.8) is 0 Å². The molecule has 2 heterocycles. The zero-order valence-corrected chi connectivity index (χ0v) is 16.7. The number of aliphatic hydroxyl groups excluding tert-OH is 1. The molecule has 28 heavy (non-hydrogen) atoms. The zero-order valence-electron chi connectivity index (χ0n) is 16.7. The van der Waals surface area contributed by atoms with E-state index in [1.807, 2.05) is 25.3 Å². The van der Waals surface area contributed by atoms with Crippen molar-refractivity contribution >= 4 is 17.5 Å². The Morgan fingerprint density at radius 1 is 1.00 bits per heavy atom. The lowest BCUT2D eigenvalue weighted by molar-refractivity contribution is 0.126. The van der Waals surface area contributed by atoms with Gasteiger partial charge >= 0.3 is 0 Å². The van der Waals surface area contributed by atoms with Gasteiger partial charge in [0.05, 0.1) is 6.10 Å². The molecule has 4 rings (SSSR count). The van der Waals surface area contributed by atoms with Gasteiger partial charge in [-0.2, -0.15) is 4.98 Å². The van der Waals surface area contributed by atoms with E-state index in [0.717, 1.165) is 42.9 Å². The highest BCUT2D eigenvalue weighted by Crippen LogP contribution is 2.36. The number of nitrogens with one attached hydrogen (secondary N) is 2.